The molecule has 0 fully saturated rings. The molecule has 182 valence electrons. The van der Waals surface area contributed by atoms with Crippen molar-refractivity contribution in [2.24, 2.45) is 0 Å². The SMILES string of the molecule is COc1ccc(/C=C/C(=O)Nc2ccccc2C(=O)OCc2c(C)cc(C(C)(C)C)cc2C)cc1. The van der Waals surface area contributed by atoms with Gasteiger partial charge in [0, 0.05) is 6.08 Å². The molecule has 0 radical (unpaired) electrons. The van der Waals surface area contributed by atoms with E-state index in [2.05, 4.69) is 38.2 Å². The minimum Gasteiger partial charge on any atom is -0.497 e. The smallest absolute Gasteiger partial charge is 0.340 e. The Kier molecular flexibility index (Phi) is 8.13. The van der Waals surface area contributed by atoms with Crippen molar-refractivity contribution in [1.29, 1.82) is 0 Å². The van der Waals surface area contributed by atoms with Gasteiger partial charge in [-0.05, 0) is 77.4 Å². The lowest BCUT2D eigenvalue weighted by Crippen LogP contribution is -2.15. The molecule has 0 saturated carbocycles. The quantitative estimate of drug-likeness (QED) is 0.311. The number of nitrogens with one attached hydrogen (secondary N) is 1. The van der Waals surface area contributed by atoms with Crippen LogP contribution in [0.1, 0.15) is 58.9 Å². The second-order valence-corrected chi connectivity index (χ2v) is 9.56. The van der Waals surface area contributed by atoms with Crippen molar-refractivity contribution >= 4 is 23.6 Å². The van der Waals surface area contributed by atoms with Crippen LogP contribution in [0.25, 0.3) is 6.08 Å². The van der Waals surface area contributed by atoms with E-state index in [1.54, 1.807) is 37.5 Å². The molecule has 0 aliphatic carbocycles. The summed E-state index contributed by atoms with van der Waals surface area (Å²) in [5, 5.41) is 2.78. The Morgan fingerprint density at radius 2 is 1.57 bits per heavy atom. The molecule has 3 aromatic rings. The molecule has 0 atom stereocenters. The summed E-state index contributed by atoms with van der Waals surface area (Å²) in [6, 6.07) is 18.5. The molecule has 0 saturated heterocycles. The topological polar surface area (TPSA) is 64.6 Å². The molecular formula is C30H33NO4. The summed E-state index contributed by atoms with van der Waals surface area (Å²) >= 11 is 0. The van der Waals surface area contributed by atoms with Gasteiger partial charge in [-0.25, -0.2) is 4.79 Å². The second-order valence-electron chi connectivity index (χ2n) is 9.56. The Morgan fingerprint density at radius 3 is 2.17 bits per heavy atom. The minimum atomic E-state index is -0.487. The normalized spacial score (nSPS) is 11.4. The molecule has 5 heteroatoms. The lowest BCUT2D eigenvalue weighted by atomic mass is 9.84. The van der Waals surface area contributed by atoms with Gasteiger partial charge in [0.15, 0.2) is 0 Å². The molecule has 0 unspecified atom stereocenters. The van der Waals surface area contributed by atoms with Gasteiger partial charge in [0.1, 0.15) is 12.4 Å². The Morgan fingerprint density at radius 1 is 0.943 bits per heavy atom. The first-order chi connectivity index (χ1) is 16.6. The largest absolute Gasteiger partial charge is 0.497 e. The van der Waals surface area contributed by atoms with Gasteiger partial charge >= 0.3 is 5.97 Å². The average Bonchev–Trinajstić information content (AvgIpc) is 2.82. The zero-order valence-corrected chi connectivity index (χ0v) is 21.3. The summed E-state index contributed by atoms with van der Waals surface area (Å²) in [4.78, 5) is 25.4. The van der Waals surface area contributed by atoms with Gasteiger partial charge < -0.3 is 14.8 Å². The van der Waals surface area contributed by atoms with Crippen molar-refractivity contribution in [2.75, 3.05) is 12.4 Å². The predicted molar refractivity (Wildman–Crippen MR) is 141 cm³/mol. The van der Waals surface area contributed by atoms with Crippen molar-refractivity contribution in [2.45, 2.75) is 46.6 Å². The van der Waals surface area contributed by atoms with Crippen LogP contribution < -0.4 is 10.1 Å². The van der Waals surface area contributed by atoms with Gasteiger partial charge in [0.2, 0.25) is 5.91 Å². The minimum absolute atomic E-state index is 0.0453. The third-order valence-electron chi connectivity index (χ3n) is 5.86. The van der Waals surface area contributed by atoms with E-state index in [0.717, 1.165) is 28.0 Å². The molecule has 35 heavy (non-hydrogen) atoms. The highest BCUT2D eigenvalue weighted by atomic mass is 16.5. The Balaban J connectivity index is 1.69. The van der Waals surface area contributed by atoms with Gasteiger partial charge in [0.05, 0.1) is 18.4 Å². The molecule has 0 spiro atoms. The van der Waals surface area contributed by atoms with Crippen LogP contribution in [0.15, 0.2) is 66.7 Å². The highest BCUT2D eigenvalue weighted by Gasteiger charge is 2.18. The number of rotatable bonds is 7. The lowest BCUT2D eigenvalue weighted by Gasteiger charge is -2.22. The van der Waals surface area contributed by atoms with E-state index in [4.69, 9.17) is 9.47 Å². The van der Waals surface area contributed by atoms with Crippen LogP contribution in [-0.4, -0.2) is 19.0 Å². The molecule has 1 N–H and O–H groups in total. The summed E-state index contributed by atoms with van der Waals surface area (Å²) in [5.74, 6) is -0.0844. The van der Waals surface area contributed by atoms with Crippen LogP contribution in [0.3, 0.4) is 0 Å². The third-order valence-corrected chi connectivity index (χ3v) is 5.86. The number of ether oxygens (including phenoxy) is 2. The van der Waals surface area contributed by atoms with E-state index in [1.165, 1.54) is 11.6 Å². The molecule has 0 bridgehead atoms. The molecule has 3 aromatic carbocycles. The number of esters is 1. The number of anilines is 1. The number of hydrogen-bond donors (Lipinski definition) is 1. The number of carbonyl (C=O) groups excluding carboxylic acids is 2. The molecule has 5 nitrogen and oxygen atoms in total. The maximum absolute atomic E-state index is 12.9. The maximum Gasteiger partial charge on any atom is 0.340 e. The van der Waals surface area contributed by atoms with Crippen molar-refractivity contribution < 1.29 is 19.1 Å². The average molecular weight is 472 g/mol. The Labute approximate surface area is 207 Å². The van der Waals surface area contributed by atoms with E-state index in [0.29, 0.717) is 11.3 Å². The first kappa shape index (κ1) is 25.8. The second kappa shape index (κ2) is 11.0. The molecule has 0 aliphatic heterocycles. The number of amides is 1. The van der Waals surface area contributed by atoms with Gasteiger partial charge in [-0.2, -0.15) is 0 Å². The van der Waals surface area contributed by atoms with Gasteiger partial charge in [-0.15, -0.1) is 0 Å². The Bertz CT molecular complexity index is 1210. The van der Waals surface area contributed by atoms with Crippen molar-refractivity contribution in [3.05, 3.63) is 100 Å². The number of benzene rings is 3. The van der Waals surface area contributed by atoms with Gasteiger partial charge in [-0.3, -0.25) is 4.79 Å². The van der Waals surface area contributed by atoms with E-state index in [9.17, 15) is 9.59 Å². The fourth-order valence-electron chi connectivity index (χ4n) is 3.70. The molecular weight excluding hydrogens is 438 g/mol. The summed E-state index contributed by atoms with van der Waals surface area (Å²) < 4.78 is 10.8. The summed E-state index contributed by atoms with van der Waals surface area (Å²) in [6.07, 6.45) is 3.12. The molecule has 3 rings (SSSR count). The number of methoxy groups -OCH3 is 1. The zero-order chi connectivity index (χ0) is 25.6. The van der Waals surface area contributed by atoms with Crippen molar-refractivity contribution in [3.8, 4) is 5.75 Å². The van der Waals surface area contributed by atoms with Gasteiger partial charge in [0.25, 0.3) is 0 Å². The van der Waals surface area contributed by atoms with Crippen molar-refractivity contribution in [1.82, 2.24) is 0 Å². The van der Waals surface area contributed by atoms with Crippen LogP contribution in [0.2, 0.25) is 0 Å². The van der Waals surface area contributed by atoms with Crippen LogP contribution in [0.5, 0.6) is 5.75 Å². The fraction of sp³-hybridized carbons (Fsp3) is 0.267. The van der Waals surface area contributed by atoms with Crippen molar-refractivity contribution in [3.63, 3.8) is 0 Å². The predicted octanol–water partition coefficient (Wildman–Crippen LogP) is 6.62. The lowest BCUT2D eigenvalue weighted by molar-refractivity contribution is -0.111. The third kappa shape index (κ3) is 6.82. The van der Waals surface area contributed by atoms with Gasteiger partial charge in [-0.1, -0.05) is 57.2 Å². The number of hydrogen-bond acceptors (Lipinski definition) is 4. The van der Waals surface area contributed by atoms with E-state index in [1.807, 2.05) is 38.1 Å². The number of aryl methyl sites for hydroxylation is 2. The maximum atomic E-state index is 12.9. The first-order valence-corrected chi connectivity index (χ1v) is 11.6. The summed E-state index contributed by atoms with van der Waals surface area (Å²) in [7, 11) is 1.60. The highest BCUT2D eigenvalue weighted by Crippen LogP contribution is 2.27. The standard InChI is InChI=1S/C30H33NO4/c1-20-17-23(30(3,4)5)18-21(2)26(20)19-35-29(33)25-9-7-8-10-27(25)31-28(32)16-13-22-11-14-24(34-6)15-12-22/h7-18H,19H2,1-6H3,(H,31,32)/b16-13+. The van der Waals surface area contributed by atoms with Crippen LogP contribution in [-0.2, 0) is 21.6 Å². The molecule has 1 amide bonds. The van der Waals surface area contributed by atoms with E-state index < -0.39 is 5.97 Å². The number of para-hydroxylation sites is 1. The van der Waals surface area contributed by atoms with E-state index in [-0.39, 0.29) is 17.9 Å². The number of carbonyl (C=O) groups is 2. The fourth-order valence-corrected chi connectivity index (χ4v) is 3.70. The highest BCUT2D eigenvalue weighted by molar-refractivity contribution is 6.06. The molecule has 0 aliphatic rings. The molecule has 0 heterocycles. The Hall–Kier alpha value is -3.86. The monoisotopic (exact) mass is 471 g/mol. The van der Waals surface area contributed by atoms with E-state index >= 15 is 0 Å². The van der Waals surface area contributed by atoms with Crippen LogP contribution >= 0.6 is 0 Å². The zero-order valence-electron chi connectivity index (χ0n) is 21.3. The van der Waals surface area contributed by atoms with Crippen LogP contribution in [0.4, 0.5) is 5.69 Å². The first-order valence-electron chi connectivity index (χ1n) is 11.6. The molecule has 0 aromatic heterocycles. The summed E-state index contributed by atoms with van der Waals surface area (Å²) in [5.41, 5.74) is 6.04. The van der Waals surface area contributed by atoms with Crippen LogP contribution in [0, 0.1) is 13.8 Å². The summed E-state index contributed by atoms with van der Waals surface area (Å²) in [6.45, 7) is 10.8.